The van der Waals surface area contributed by atoms with Crippen LogP contribution in [0.2, 0.25) is 0 Å². The van der Waals surface area contributed by atoms with Crippen LogP contribution in [0.4, 0.5) is 10.5 Å². The van der Waals surface area contributed by atoms with Crippen LogP contribution in [0, 0.1) is 0 Å². The highest BCUT2D eigenvalue weighted by atomic mass is 79.9. The summed E-state index contributed by atoms with van der Waals surface area (Å²) in [5.41, 5.74) is 0.473. The molecule has 1 aromatic carbocycles. The second kappa shape index (κ2) is 6.91. The number of hydrogen-bond donors (Lipinski definition) is 1. The number of carboxylic acid groups (broad SMARTS) is 1. The van der Waals surface area contributed by atoms with E-state index in [0.29, 0.717) is 5.69 Å². The minimum atomic E-state index is -1.11. The lowest BCUT2D eigenvalue weighted by molar-refractivity contribution is -0.135. The van der Waals surface area contributed by atoms with Crippen LogP contribution in [0.25, 0.3) is 0 Å². The van der Waals surface area contributed by atoms with Gasteiger partial charge in [0.2, 0.25) is 0 Å². The predicted molar refractivity (Wildman–Crippen MR) is 79.0 cm³/mol. The SMILES string of the molecule is CC(Br)(Br)COC(=O)N(CC(=O)O)c1ccccc1. The summed E-state index contributed by atoms with van der Waals surface area (Å²) >= 11 is 6.54. The first-order valence-corrected chi connectivity index (χ1v) is 6.97. The van der Waals surface area contributed by atoms with Crippen LogP contribution in [0.3, 0.4) is 0 Å². The Morgan fingerprint density at radius 3 is 2.37 bits per heavy atom. The molecule has 1 amide bonds. The Balaban J connectivity index is 2.80. The van der Waals surface area contributed by atoms with E-state index in [9.17, 15) is 9.59 Å². The highest BCUT2D eigenvalue weighted by Crippen LogP contribution is 2.25. The van der Waals surface area contributed by atoms with Crippen LogP contribution < -0.4 is 4.90 Å². The molecule has 0 fully saturated rings. The summed E-state index contributed by atoms with van der Waals surface area (Å²) in [6.45, 7) is 1.38. The van der Waals surface area contributed by atoms with E-state index in [4.69, 9.17) is 9.84 Å². The standard InChI is InChI=1S/C12H13Br2NO4/c1-12(13,14)8-19-11(18)15(7-10(16)17)9-5-3-2-4-6-9/h2-6H,7-8H2,1H3,(H,16,17). The largest absolute Gasteiger partial charge is 0.480 e. The zero-order valence-corrected chi connectivity index (χ0v) is 13.3. The highest BCUT2D eigenvalue weighted by molar-refractivity contribution is 9.25. The number of carboxylic acids is 1. The van der Waals surface area contributed by atoms with Crippen LogP contribution in [0.5, 0.6) is 0 Å². The summed E-state index contributed by atoms with van der Waals surface area (Å²) in [5.74, 6) is -1.11. The minimum absolute atomic E-state index is 0.0643. The summed E-state index contributed by atoms with van der Waals surface area (Å²) in [4.78, 5) is 23.8. The van der Waals surface area contributed by atoms with Gasteiger partial charge in [-0.25, -0.2) is 4.79 Å². The molecular formula is C12H13Br2NO4. The quantitative estimate of drug-likeness (QED) is 0.778. The molecule has 0 aromatic heterocycles. The molecule has 104 valence electrons. The fraction of sp³-hybridized carbons (Fsp3) is 0.333. The second-order valence-electron chi connectivity index (χ2n) is 3.94. The lowest BCUT2D eigenvalue weighted by Crippen LogP contribution is -2.37. The molecule has 0 heterocycles. The molecule has 0 bridgehead atoms. The summed E-state index contributed by atoms with van der Waals surface area (Å²) in [6, 6.07) is 8.51. The van der Waals surface area contributed by atoms with Crippen molar-refractivity contribution in [3.05, 3.63) is 30.3 Å². The van der Waals surface area contributed by atoms with Crippen molar-refractivity contribution in [2.45, 2.75) is 10.2 Å². The fourth-order valence-electron chi connectivity index (χ4n) is 1.27. The van der Waals surface area contributed by atoms with Gasteiger partial charge in [0.25, 0.3) is 0 Å². The first-order chi connectivity index (χ1) is 8.79. The number of ether oxygens (including phenoxy) is 1. The second-order valence-corrected chi connectivity index (χ2v) is 8.50. The van der Waals surface area contributed by atoms with Crippen molar-refractivity contribution in [3.8, 4) is 0 Å². The normalized spacial score (nSPS) is 10.9. The number of amides is 1. The summed E-state index contributed by atoms with van der Waals surface area (Å²) in [7, 11) is 0. The van der Waals surface area contributed by atoms with Crippen molar-refractivity contribution in [1.82, 2.24) is 0 Å². The van der Waals surface area contributed by atoms with Gasteiger partial charge in [0, 0.05) is 5.69 Å². The Labute approximate surface area is 127 Å². The number of carbonyl (C=O) groups excluding carboxylic acids is 1. The van der Waals surface area contributed by atoms with E-state index in [1.54, 1.807) is 37.3 Å². The lowest BCUT2D eigenvalue weighted by Gasteiger charge is -2.22. The predicted octanol–water partition coefficient (Wildman–Crippen LogP) is 3.22. The van der Waals surface area contributed by atoms with E-state index in [0.717, 1.165) is 4.90 Å². The molecule has 0 radical (unpaired) electrons. The summed E-state index contributed by atoms with van der Waals surface area (Å²) in [6.07, 6.45) is -0.710. The molecule has 19 heavy (non-hydrogen) atoms. The number of aliphatic carboxylic acids is 1. The lowest BCUT2D eigenvalue weighted by atomic mass is 10.3. The molecule has 7 heteroatoms. The third kappa shape index (κ3) is 6.07. The van der Waals surface area contributed by atoms with Gasteiger partial charge in [-0.05, 0) is 19.1 Å². The molecule has 0 aliphatic carbocycles. The molecule has 5 nitrogen and oxygen atoms in total. The van der Waals surface area contributed by atoms with Gasteiger partial charge in [-0.1, -0.05) is 50.1 Å². The number of nitrogens with zero attached hydrogens (tertiary/aromatic N) is 1. The number of para-hydroxylation sites is 1. The van der Waals surface area contributed by atoms with Gasteiger partial charge in [-0.15, -0.1) is 0 Å². The number of carbonyl (C=O) groups is 2. The Morgan fingerprint density at radius 1 is 1.32 bits per heavy atom. The van der Waals surface area contributed by atoms with Crippen LogP contribution in [-0.4, -0.2) is 33.6 Å². The summed E-state index contributed by atoms with van der Waals surface area (Å²) < 4.78 is 4.51. The maximum Gasteiger partial charge on any atom is 0.414 e. The van der Waals surface area contributed by atoms with Crippen LogP contribution in [0.1, 0.15) is 6.92 Å². The number of alkyl halides is 2. The van der Waals surface area contributed by atoms with Crippen molar-refractivity contribution in [3.63, 3.8) is 0 Å². The van der Waals surface area contributed by atoms with Gasteiger partial charge in [-0.3, -0.25) is 9.69 Å². The van der Waals surface area contributed by atoms with E-state index in [1.807, 2.05) is 0 Å². The topological polar surface area (TPSA) is 66.8 Å². The molecule has 1 aromatic rings. The average molecular weight is 395 g/mol. The molecule has 1 N–H and O–H groups in total. The van der Waals surface area contributed by atoms with Gasteiger partial charge in [0.1, 0.15) is 16.4 Å². The zero-order chi connectivity index (χ0) is 14.5. The van der Waals surface area contributed by atoms with Crippen molar-refractivity contribution < 1.29 is 19.4 Å². The van der Waals surface area contributed by atoms with Crippen molar-refractivity contribution in [2.24, 2.45) is 0 Å². The Hall–Kier alpha value is -1.08. The molecule has 0 aliphatic heterocycles. The van der Waals surface area contributed by atoms with Crippen molar-refractivity contribution >= 4 is 49.6 Å². The van der Waals surface area contributed by atoms with E-state index in [1.165, 1.54) is 0 Å². The van der Waals surface area contributed by atoms with E-state index >= 15 is 0 Å². The average Bonchev–Trinajstić information content (AvgIpc) is 2.33. The number of halogens is 2. The maximum absolute atomic E-state index is 11.9. The molecule has 0 atom stereocenters. The molecule has 0 spiro atoms. The molecule has 0 aliphatic rings. The monoisotopic (exact) mass is 393 g/mol. The van der Waals surface area contributed by atoms with E-state index in [-0.39, 0.29) is 6.61 Å². The van der Waals surface area contributed by atoms with Crippen LogP contribution in [0.15, 0.2) is 30.3 Å². The van der Waals surface area contributed by atoms with Gasteiger partial charge in [0.15, 0.2) is 0 Å². The van der Waals surface area contributed by atoms with Crippen molar-refractivity contribution in [1.29, 1.82) is 0 Å². The number of hydrogen-bond acceptors (Lipinski definition) is 3. The molecule has 0 saturated heterocycles. The van der Waals surface area contributed by atoms with Crippen LogP contribution >= 0.6 is 31.9 Å². The Bertz CT molecular complexity index is 445. The van der Waals surface area contributed by atoms with Gasteiger partial charge in [0.05, 0.1) is 0 Å². The molecule has 1 rings (SSSR count). The number of rotatable bonds is 5. The van der Waals surface area contributed by atoms with E-state index in [2.05, 4.69) is 31.9 Å². The molecule has 0 saturated carbocycles. The van der Waals surface area contributed by atoms with Crippen molar-refractivity contribution in [2.75, 3.05) is 18.1 Å². The molecular weight excluding hydrogens is 382 g/mol. The fourth-order valence-corrected chi connectivity index (χ4v) is 1.50. The third-order valence-corrected chi connectivity index (χ3v) is 2.49. The number of anilines is 1. The summed E-state index contributed by atoms with van der Waals surface area (Å²) in [5, 5.41) is 8.85. The third-order valence-electron chi connectivity index (χ3n) is 2.03. The van der Waals surface area contributed by atoms with Gasteiger partial charge < -0.3 is 9.84 Å². The molecule has 0 unspecified atom stereocenters. The first kappa shape index (κ1) is 16.0. The zero-order valence-electron chi connectivity index (χ0n) is 10.2. The minimum Gasteiger partial charge on any atom is -0.480 e. The van der Waals surface area contributed by atoms with E-state index < -0.39 is 21.8 Å². The number of benzene rings is 1. The maximum atomic E-state index is 11.9. The van der Waals surface area contributed by atoms with Gasteiger partial charge in [-0.2, -0.15) is 0 Å². The smallest absolute Gasteiger partial charge is 0.414 e. The van der Waals surface area contributed by atoms with Crippen LogP contribution in [-0.2, 0) is 9.53 Å². The Kier molecular flexibility index (Phi) is 5.81. The Morgan fingerprint density at radius 2 is 1.89 bits per heavy atom. The highest BCUT2D eigenvalue weighted by Gasteiger charge is 2.24. The first-order valence-electron chi connectivity index (χ1n) is 5.38. The van der Waals surface area contributed by atoms with Gasteiger partial charge >= 0.3 is 12.1 Å².